The van der Waals surface area contributed by atoms with Gasteiger partial charge in [0.25, 0.3) is 10.0 Å². The second-order valence-electron chi connectivity index (χ2n) is 6.67. The highest BCUT2D eigenvalue weighted by Crippen LogP contribution is 2.31. The van der Waals surface area contributed by atoms with Gasteiger partial charge in [0.2, 0.25) is 0 Å². The van der Waals surface area contributed by atoms with E-state index in [0.29, 0.717) is 22.9 Å². The van der Waals surface area contributed by atoms with Gasteiger partial charge in [-0.05, 0) is 55.7 Å². The number of benzene rings is 2. The first-order valence-electron chi connectivity index (χ1n) is 9.34. The molecular formula is C20H25N3O5S. The van der Waals surface area contributed by atoms with Gasteiger partial charge in [0, 0.05) is 24.8 Å². The van der Waals surface area contributed by atoms with Gasteiger partial charge in [0.1, 0.15) is 11.5 Å². The predicted octanol–water partition coefficient (Wildman–Crippen LogP) is 3.52. The Morgan fingerprint density at radius 1 is 0.966 bits per heavy atom. The summed E-state index contributed by atoms with van der Waals surface area (Å²) in [6, 6.07) is 10.7. The predicted molar refractivity (Wildman–Crippen MR) is 111 cm³/mol. The number of nitrogens with one attached hydrogen (secondary N) is 2. The summed E-state index contributed by atoms with van der Waals surface area (Å²) in [5.74, 6) is 0.900. The van der Waals surface area contributed by atoms with Crippen LogP contribution in [0.3, 0.4) is 0 Å². The highest BCUT2D eigenvalue weighted by atomic mass is 32.2. The van der Waals surface area contributed by atoms with Crippen molar-refractivity contribution in [3.05, 3.63) is 42.5 Å². The molecule has 0 bridgehead atoms. The van der Waals surface area contributed by atoms with Crippen LogP contribution in [0.25, 0.3) is 0 Å². The molecule has 156 valence electrons. The Morgan fingerprint density at radius 2 is 1.66 bits per heavy atom. The Morgan fingerprint density at radius 3 is 2.28 bits per heavy atom. The van der Waals surface area contributed by atoms with E-state index >= 15 is 0 Å². The summed E-state index contributed by atoms with van der Waals surface area (Å²) in [6.45, 7) is 1.48. The first kappa shape index (κ1) is 20.8. The molecular weight excluding hydrogens is 394 g/mol. The van der Waals surface area contributed by atoms with Crippen molar-refractivity contribution in [3.63, 3.8) is 0 Å². The molecule has 2 aromatic carbocycles. The second kappa shape index (κ2) is 9.04. The first-order chi connectivity index (χ1) is 13.9. The Hall–Kier alpha value is -2.94. The molecule has 1 fully saturated rings. The zero-order chi connectivity index (χ0) is 20.9. The molecule has 2 amide bonds. The number of amides is 2. The number of methoxy groups -OCH3 is 2. The molecule has 0 atom stereocenters. The van der Waals surface area contributed by atoms with Crippen molar-refractivity contribution >= 4 is 27.4 Å². The average Bonchev–Trinajstić information content (AvgIpc) is 2.74. The highest BCUT2D eigenvalue weighted by Gasteiger charge is 2.19. The number of piperidine rings is 1. The van der Waals surface area contributed by atoms with Crippen LogP contribution >= 0.6 is 0 Å². The van der Waals surface area contributed by atoms with Crippen molar-refractivity contribution in [3.8, 4) is 11.5 Å². The van der Waals surface area contributed by atoms with Gasteiger partial charge in [-0.1, -0.05) is 0 Å². The van der Waals surface area contributed by atoms with Crippen molar-refractivity contribution in [2.24, 2.45) is 0 Å². The maximum Gasteiger partial charge on any atom is 0.321 e. The van der Waals surface area contributed by atoms with Crippen molar-refractivity contribution in [1.82, 2.24) is 4.90 Å². The molecule has 0 unspecified atom stereocenters. The summed E-state index contributed by atoms with van der Waals surface area (Å²) in [5.41, 5.74) is 0.845. The van der Waals surface area contributed by atoms with Gasteiger partial charge in [-0.15, -0.1) is 0 Å². The summed E-state index contributed by atoms with van der Waals surface area (Å²) >= 11 is 0. The number of hydrogen-bond acceptors (Lipinski definition) is 5. The SMILES string of the molecule is COc1ccc(NS(=O)(=O)c2ccc(NC(=O)N3CCCCC3)cc2)c(OC)c1. The number of carbonyl (C=O) groups excluding carboxylic acids is 1. The zero-order valence-corrected chi connectivity index (χ0v) is 17.3. The highest BCUT2D eigenvalue weighted by molar-refractivity contribution is 7.92. The third-order valence-corrected chi connectivity index (χ3v) is 6.09. The monoisotopic (exact) mass is 419 g/mol. The van der Waals surface area contributed by atoms with Crippen LogP contribution < -0.4 is 19.5 Å². The van der Waals surface area contributed by atoms with Gasteiger partial charge in [-0.3, -0.25) is 4.72 Å². The molecule has 9 heteroatoms. The van der Waals surface area contributed by atoms with Crippen LogP contribution in [0.15, 0.2) is 47.4 Å². The molecule has 0 radical (unpaired) electrons. The lowest BCUT2D eigenvalue weighted by molar-refractivity contribution is 0.200. The molecule has 0 saturated carbocycles. The fourth-order valence-electron chi connectivity index (χ4n) is 3.10. The molecule has 0 spiro atoms. The number of rotatable bonds is 6. The van der Waals surface area contributed by atoms with E-state index in [-0.39, 0.29) is 10.9 Å². The van der Waals surface area contributed by atoms with E-state index in [4.69, 9.17) is 9.47 Å². The molecule has 1 heterocycles. The van der Waals surface area contributed by atoms with Crippen LogP contribution in [0.2, 0.25) is 0 Å². The summed E-state index contributed by atoms with van der Waals surface area (Å²) < 4.78 is 38.3. The molecule has 29 heavy (non-hydrogen) atoms. The largest absolute Gasteiger partial charge is 0.497 e. The normalized spacial score (nSPS) is 14.2. The molecule has 2 aromatic rings. The van der Waals surface area contributed by atoms with E-state index in [1.807, 2.05) is 0 Å². The molecule has 0 aliphatic carbocycles. The molecule has 0 aromatic heterocycles. The number of anilines is 2. The maximum atomic E-state index is 12.7. The molecule has 1 aliphatic rings. The standard InChI is InChI=1S/C20H25N3O5S/c1-27-16-8-11-18(19(14-16)28-2)22-29(25,26)17-9-6-15(7-10-17)21-20(24)23-12-4-3-5-13-23/h6-11,14,22H,3-5,12-13H2,1-2H3,(H,21,24). The van der Waals surface area contributed by atoms with Crippen LogP contribution in [0.1, 0.15) is 19.3 Å². The molecule has 2 N–H and O–H groups in total. The minimum atomic E-state index is -3.83. The summed E-state index contributed by atoms with van der Waals surface area (Å²) in [7, 11) is -0.856. The van der Waals surface area contributed by atoms with E-state index < -0.39 is 10.0 Å². The van der Waals surface area contributed by atoms with Crippen molar-refractivity contribution < 1.29 is 22.7 Å². The molecule has 8 nitrogen and oxygen atoms in total. The smallest absolute Gasteiger partial charge is 0.321 e. The Balaban J connectivity index is 1.70. The Kier molecular flexibility index (Phi) is 6.48. The molecule has 1 saturated heterocycles. The van der Waals surface area contributed by atoms with E-state index in [1.165, 1.54) is 26.4 Å². The van der Waals surface area contributed by atoms with Crippen LogP contribution in [0.4, 0.5) is 16.2 Å². The molecule has 3 rings (SSSR count). The van der Waals surface area contributed by atoms with E-state index in [1.54, 1.807) is 35.2 Å². The van der Waals surface area contributed by atoms with Gasteiger partial charge in [-0.2, -0.15) is 0 Å². The van der Waals surface area contributed by atoms with Crippen molar-refractivity contribution in [1.29, 1.82) is 0 Å². The minimum absolute atomic E-state index is 0.0753. The first-order valence-corrected chi connectivity index (χ1v) is 10.8. The summed E-state index contributed by atoms with van der Waals surface area (Å²) in [5, 5.41) is 2.81. The lowest BCUT2D eigenvalue weighted by atomic mass is 10.1. The van der Waals surface area contributed by atoms with Crippen molar-refractivity contribution in [2.75, 3.05) is 37.3 Å². The minimum Gasteiger partial charge on any atom is -0.497 e. The summed E-state index contributed by atoms with van der Waals surface area (Å²) in [6.07, 6.45) is 3.15. The van der Waals surface area contributed by atoms with Crippen molar-refractivity contribution in [2.45, 2.75) is 24.2 Å². The Labute approximate surface area is 170 Å². The number of likely N-dealkylation sites (tertiary alicyclic amines) is 1. The quantitative estimate of drug-likeness (QED) is 0.747. The summed E-state index contributed by atoms with van der Waals surface area (Å²) in [4.78, 5) is 14.1. The van der Waals surface area contributed by atoms with Crippen LogP contribution in [-0.4, -0.2) is 46.7 Å². The van der Waals surface area contributed by atoms with Gasteiger partial charge in [-0.25, -0.2) is 13.2 Å². The zero-order valence-electron chi connectivity index (χ0n) is 16.5. The third kappa shape index (κ3) is 5.11. The number of ether oxygens (including phenoxy) is 2. The van der Waals surface area contributed by atoms with E-state index in [2.05, 4.69) is 10.0 Å². The topological polar surface area (TPSA) is 97.0 Å². The van der Waals surface area contributed by atoms with Crippen LogP contribution in [-0.2, 0) is 10.0 Å². The number of sulfonamides is 1. The lowest BCUT2D eigenvalue weighted by Crippen LogP contribution is -2.38. The van der Waals surface area contributed by atoms with Gasteiger partial charge < -0.3 is 19.7 Å². The number of carbonyl (C=O) groups is 1. The average molecular weight is 420 g/mol. The second-order valence-corrected chi connectivity index (χ2v) is 8.36. The van der Waals surface area contributed by atoms with E-state index in [9.17, 15) is 13.2 Å². The fourth-order valence-corrected chi connectivity index (χ4v) is 4.17. The number of hydrogen-bond donors (Lipinski definition) is 2. The number of urea groups is 1. The van der Waals surface area contributed by atoms with E-state index in [0.717, 1.165) is 32.4 Å². The fraction of sp³-hybridized carbons (Fsp3) is 0.350. The maximum absolute atomic E-state index is 12.7. The number of nitrogens with zero attached hydrogens (tertiary/aromatic N) is 1. The van der Waals surface area contributed by atoms with Gasteiger partial charge >= 0.3 is 6.03 Å². The molecule has 1 aliphatic heterocycles. The van der Waals surface area contributed by atoms with Crippen LogP contribution in [0, 0.1) is 0 Å². The Bertz CT molecular complexity index is 955. The lowest BCUT2D eigenvalue weighted by Gasteiger charge is -2.26. The van der Waals surface area contributed by atoms with Gasteiger partial charge in [0.05, 0.1) is 24.8 Å². The van der Waals surface area contributed by atoms with Gasteiger partial charge in [0.15, 0.2) is 0 Å². The van der Waals surface area contributed by atoms with Crippen LogP contribution in [0.5, 0.6) is 11.5 Å². The third-order valence-electron chi connectivity index (χ3n) is 4.71.